The molecule has 0 fully saturated rings. The monoisotopic (exact) mass is 396 g/mol. The van der Waals surface area contributed by atoms with Crippen molar-refractivity contribution in [2.75, 3.05) is 5.32 Å². The quantitative estimate of drug-likeness (QED) is 0.515. The van der Waals surface area contributed by atoms with E-state index in [1.807, 2.05) is 58.5 Å². The van der Waals surface area contributed by atoms with Gasteiger partial charge in [-0.05, 0) is 50.9 Å². The van der Waals surface area contributed by atoms with Crippen molar-refractivity contribution < 1.29 is 4.74 Å². The number of nitrogens with zero attached hydrogens (tertiary/aromatic N) is 5. The molecule has 0 spiro atoms. The number of pyridine rings is 1. The highest BCUT2D eigenvalue weighted by Crippen LogP contribution is 2.38. The number of aromatic nitrogens is 5. The topological polar surface area (TPSA) is 69.8 Å². The van der Waals surface area contributed by atoms with E-state index >= 15 is 0 Å². The molecule has 7 nitrogen and oxygen atoms in total. The second-order valence-electron chi connectivity index (χ2n) is 7.04. The Bertz CT molecular complexity index is 1120. The highest BCUT2D eigenvalue weighted by Gasteiger charge is 2.21. The second kappa shape index (κ2) is 7.27. The molecule has 146 valence electrons. The molecule has 4 heterocycles. The first-order valence-corrected chi connectivity index (χ1v) is 10.1. The molecule has 0 radical (unpaired) electrons. The minimum atomic E-state index is 0.0478. The van der Waals surface area contributed by atoms with E-state index in [9.17, 15) is 0 Å². The van der Waals surface area contributed by atoms with Gasteiger partial charge in [0.2, 0.25) is 0 Å². The molecule has 0 aliphatic carbocycles. The predicted molar refractivity (Wildman–Crippen MR) is 113 cm³/mol. The van der Waals surface area contributed by atoms with Gasteiger partial charge in [0.25, 0.3) is 0 Å². The fraction of sp³-hybridized carbons (Fsp3) is 0.350. The molecule has 0 unspecified atom stereocenters. The van der Waals surface area contributed by atoms with Crippen molar-refractivity contribution in [2.24, 2.45) is 7.05 Å². The lowest BCUT2D eigenvalue weighted by atomic mass is 10.1. The largest absolute Gasteiger partial charge is 0.488 e. The standard InChI is InChI=1S/C20H24N6OS/c1-6-15-19(27-12(2)3)18-16(7-8-26(18)14-10-21-25(5)11-14)22-20(15)23-17-9-13(4)24-28-17/h7-12H,6H2,1-5H3,(H,22,23). The van der Waals surface area contributed by atoms with E-state index in [4.69, 9.17) is 9.72 Å². The molecule has 4 rings (SSSR count). The van der Waals surface area contributed by atoms with Gasteiger partial charge in [-0.3, -0.25) is 4.68 Å². The summed E-state index contributed by atoms with van der Waals surface area (Å²) in [7, 11) is 1.91. The summed E-state index contributed by atoms with van der Waals surface area (Å²) in [5, 5.41) is 8.72. The summed E-state index contributed by atoms with van der Waals surface area (Å²) in [6, 6.07) is 4.04. The third-order valence-corrected chi connectivity index (χ3v) is 5.21. The summed E-state index contributed by atoms with van der Waals surface area (Å²) >= 11 is 1.44. The number of anilines is 2. The third-order valence-electron chi connectivity index (χ3n) is 4.42. The molecule has 4 aromatic heterocycles. The molecule has 0 saturated carbocycles. The van der Waals surface area contributed by atoms with Gasteiger partial charge in [0.15, 0.2) is 5.75 Å². The third kappa shape index (κ3) is 3.35. The van der Waals surface area contributed by atoms with Crippen molar-refractivity contribution in [2.45, 2.75) is 40.2 Å². The van der Waals surface area contributed by atoms with Crippen LogP contribution in [0.25, 0.3) is 16.7 Å². The Hall–Kier alpha value is -2.87. The number of ether oxygens (including phenoxy) is 1. The molecule has 1 N–H and O–H groups in total. The highest BCUT2D eigenvalue weighted by molar-refractivity contribution is 7.10. The Kier molecular flexibility index (Phi) is 4.80. The molecule has 4 aromatic rings. The van der Waals surface area contributed by atoms with Gasteiger partial charge in [-0.15, -0.1) is 0 Å². The van der Waals surface area contributed by atoms with Gasteiger partial charge in [0.1, 0.15) is 16.3 Å². The normalized spacial score (nSPS) is 11.5. The Morgan fingerprint density at radius 2 is 2.14 bits per heavy atom. The molecule has 0 bridgehead atoms. The number of nitrogens with one attached hydrogen (secondary N) is 1. The van der Waals surface area contributed by atoms with Crippen molar-refractivity contribution in [3.8, 4) is 11.4 Å². The van der Waals surface area contributed by atoms with Crippen molar-refractivity contribution in [3.05, 3.63) is 42.0 Å². The van der Waals surface area contributed by atoms with Crippen molar-refractivity contribution in [1.29, 1.82) is 0 Å². The van der Waals surface area contributed by atoms with Crippen LogP contribution in [0.3, 0.4) is 0 Å². The first kappa shape index (κ1) is 18.5. The Balaban J connectivity index is 1.92. The van der Waals surface area contributed by atoms with E-state index in [1.54, 1.807) is 4.68 Å². The maximum Gasteiger partial charge on any atom is 0.152 e. The van der Waals surface area contributed by atoms with E-state index in [1.165, 1.54) is 11.5 Å². The van der Waals surface area contributed by atoms with Gasteiger partial charge in [0, 0.05) is 25.0 Å². The Morgan fingerprint density at radius 1 is 1.32 bits per heavy atom. The van der Waals surface area contributed by atoms with E-state index in [0.29, 0.717) is 0 Å². The van der Waals surface area contributed by atoms with Gasteiger partial charge < -0.3 is 14.6 Å². The molecular formula is C20H24N6OS. The second-order valence-corrected chi connectivity index (χ2v) is 7.84. The molecule has 0 atom stereocenters. The lowest BCUT2D eigenvalue weighted by molar-refractivity contribution is 0.242. The maximum absolute atomic E-state index is 6.32. The van der Waals surface area contributed by atoms with Gasteiger partial charge in [-0.2, -0.15) is 9.47 Å². The van der Waals surface area contributed by atoms with E-state index in [2.05, 4.69) is 26.3 Å². The van der Waals surface area contributed by atoms with Crippen LogP contribution < -0.4 is 10.1 Å². The molecular weight excluding hydrogens is 372 g/mol. The average molecular weight is 397 g/mol. The van der Waals surface area contributed by atoms with Crippen LogP contribution in [0.4, 0.5) is 10.8 Å². The lowest BCUT2D eigenvalue weighted by Crippen LogP contribution is -2.11. The first-order chi connectivity index (χ1) is 13.5. The average Bonchev–Trinajstić information content (AvgIpc) is 3.34. The van der Waals surface area contributed by atoms with Gasteiger partial charge in [-0.1, -0.05) is 6.92 Å². The Labute approximate surface area is 168 Å². The number of aryl methyl sites for hydroxylation is 2. The molecule has 0 saturated heterocycles. The lowest BCUT2D eigenvalue weighted by Gasteiger charge is -2.19. The molecule has 0 aliphatic heterocycles. The van der Waals surface area contributed by atoms with Crippen LogP contribution in [0, 0.1) is 6.92 Å². The zero-order chi connectivity index (χ0) is 19.8. The van der Waals surface area contributed by atoms with Crippen molar-refractivity contribution in [1.82, 2.24) is 23.7 Å². The van der Waals surface area contributed by atoms with E-state index in [-0.39, 0.29) is 6.10 Å². The Morgan fingerprint density at radius 3 is 2.75 bits per heavy atom. The molecule has 0 amide bonds. The van der Waals surface area contributed by atoms with E-state index < -0.39 is 0 Å². The van der Waals surface area contributed by atoms with Crippen LogP contribution in [-0.2, 0) is 13.5 Å². The van der Waals surface area contributed by atoms with Crippen LogP contribution in [0.1, 0.15) is 32.0 Å². The summed E-state index contributed by atoms with van der Waals surface area (Å²) in [5.41, 5.74) is 4.86. The smallest absolute Gasteiger partial charge is 0.152 e. The van der Waals surface area contributed by atoms with Gasteiger partial charge in [-0.25, -0.2) is 4.98 Å². The maximum atomic E-state index is 6.32. The number of hydrogen-bond donors (Lipinski definition) is 1. The summed E-state index contributed by atoms with van der Waals surface area (Å²) < 4.78 is 14.6. The summed E-state index contributed by atoms with van der Waals surface area (Å²) in [6.07, 6.45) is 6.68. The molecule has 0 aliphatic rings. The number of fused-ring (bicyclic) bond motifs is 1. The van der Waals surface area contributed by atoms with Gasteiger partial charge >= 0.3 is 0 Å². The minimum absolute atomic E-state index is 0.0478. The van der Waals surface area contributed by atoms with Crippen LogP contribution >= 0.6 is 11.5 Å². The van der Waals surface area contributed by atoms with Crippen LogP contribution in [0.2, 0.25) is 0 Å². The highest BCUT2D eigenvalue weighted by atomic mass is 32.1. The zero-order valence-corrected chi connectivity index (χ0v) is 17.5. The summed E-state index contributed by atoms with van der Waals surface area (Å²) in [4.78, 5) is 4.91. The number of rotatable bonds is 6. The summed E-state index contributed by atoms with van der Waals surface area (Å²) in [6.45, 7) is 8.20. The molecule has 0 aromatic carbocycles. The van der Waals surface area contributed by atoms with Crippen LogP contribution in [0.15, 0.2) is 30.7 Å². The first-order valence-electron chi connectivity index (χ1n) is 9.36. The van der Waals surface area contributed by atoms with Crippen LogP contribution in [0.5, 0.6) is 5.75 Å². The molecule has 8 heteroatoms. The van der Waals surface area contributed by atoms with Gasteiger partial charge in [0.05, 0.1) is 29.2 Å². The summed E-state index contributed by atoms with van der Waals surface area (Å²) in [5.74, 6) is 1.68. The fourth-order valence-corrected chi connectivity index (χ4v) is 3.92. The van der Waals surface area contributed by atoms with Crippen molar-refractivity contribution >= 4 is 33.4 Å². The predicted octanol–water partition coefficient (Wildman–Crippen LogP) is 4.62. The SMILES string of the molecule is CCc1c(Nc2cc(C)ns2)nc2ccn(-c3cnn(C)c3)c2c1OC(C)C. The van der Waals surface area contributed by atoms with Crippen LogP contribution in [-0.4, -0.2) is 29.8 Å². The fourth-order valence-electron chi connectivity index (χ4n) is 3.26. The zero-order valence-electron chi connectivity index (χ0n) is 16.7. The minimum Gasteiger partial charge on any atom is -0.488 e. The van der Waals surface area contributed by atoms with Crippen molar-refractivity contribution in [3.63, 3.8) is 0 Å². The molecule has 28 heavy (non-hydrogen) atoms. The van der Waals surface area contributed by atoms with E-state index in [0.717, 1.165) is 51.0 Å². The number of hydrogen-bond acceptors (Lipinski definition) is 6.